The summed E-state index contributed by atoms with van der Waals surface area (Å²) in [6.45, 7) is -0.259. The van der Waals surface area contributed by atoms with E-state index < -0.39 is 23.7 Å². The lowest BCUT2D eigenvalue weighted by atomic mass is 10.1. The van der Waals surface area contributed by atoms with Crippen molar-refractivity contribution in [2.75, 3.05) is 11.9 Å². The van der Waals surface area contributed by atoms with Crippen molar-refractivity contribution in [2.45, 2.75) is 12.5 Å². The average Bonchev–Trinajstić information content (AvgIpc) is 3.00. The van der Waals surface area contributed by atoms with Gasteiger partial charge in [0, 0.05) is 28.9 Å². The molecule has 0 bridgehead atoms. The van der Waals surface area contributed by atoms with E-state index >= 15 is 0 Å². The monoisotopic (exact) mass is 345 g/mol. The van der Waals surface area contributed by atoms with Gasteiger partial charge in [-0.15, -0.1) is 0 Å². The third kappa shape index (κ3) is 3.95. The topological polar surface area (TPSA) is 77.2 Å². The number of hydrogen-bond acceptors (Lipinski definition) is 2. The summed E-state index contributed by atoms with van der Waals surface area (Å²) in [5.74, 6) is -2.03. The predicted octanol–water partition coefficient (Wildman–Crippen LogP) is 3.17. The second-order valence-electron chi connectivity index (χ2n) is 5.67. The van der Waals surface area contributed by atoms with Gasteiger partial charge in [0.05, 0.1) is 12.6 Å². The molecule has 2 aromatic carbocycles. The molecule has 4 N–H and O–H groups in total. The van der Waals surface area contributed by atoms with Crippen molar-refractivity contribution < 1.29 is 18.7 Å². The normalized spacial score (nSPS) is 12.1. The number of hydrogen-bond donors (Lipinski definition) is 4. The van der Waals surface area contributed by atoms with Gasteiger partial charge in [-0.2, -0.15) is 0 Å². The molecule has 0 unspecified atom stereocenters. The van der Waals surface area contributed by atoms with Crippen molar-refractivity contribution in [3.05, 3.63) is 65.9 Å². The first-order valence-electron chi connectivity index (χ1n) is 7.75. The maximum Gasteiger partial charge on any atom is 0.319 e. The molecule has 3 aromatic rings. The van der Waals surface area contributed by atoms with Crippen LogP contribution in [-0.2, 0) is 6.42 Å². The molecule has 5 nitrogen and oxygen atoms in total. The number of benzene rings is 2. The number of urea groups is 1. The summed E-state index contributed by atoms with van der Waals surface area (Å²) in [5, 5.41) is 15.6. The fourth-order valence-electron chi connectivity index (χ4n) is 2.65. The number of aliphatic hydroxyl groups is 1. The minimum absolute atomic E-state index is 0.125. The highest BCUT2D eigenvalue weighted by Gasteiger charge is 2.15. The summed E-state index contributed by atoms with van der Waals surface area (Å²) in [4.78, 5) is 15.1. The van der Waals surface area contributed by atoms with E-state index in [4.69, 9.17) is 0 Å². The molecule has 0 spiro atoms. The van der Waals surface area contributed by atoms with Crippen LogP contribution in [0.4, 0.5) is 19.3 Å². The van der Waals surface area contributed by atoms with Gasteiger partial charge in [0.15, 0.2) is 11.6 Å². The van der Waals surface area contributed by atoms with Crippen molar-refractivity contribution in [1.29, 1.82) is 0 Å². The maximum atomic E-state index is 13.2. The predicted molar refractivity (Wildman–Crippen MR) is 91.4 cm³/mol. The van der Waals surface area contributed by atoms with Gasteiger partial charge in [-0.25, -0.2) is 13.6 Å². The Labute approximate surface area is 142 Å². The molecule has 3 rings (SSSR count). The molecule has 1 aromatic heterocycles. The van der Waals surface area contributed by atoms with Crippen molar-refractivity contribution >= 4 is 22.6 Å². The standard InChI is InChI=1S/C18H17F2N3O2/c19-15-6-5-12(8-16(15)20)22-18(25)23-13(10-24)7-11-9-21-17-4-2-1-3-14(11)17/h1-6,8-9,13,21,24H,7,10H2,(H2,22,23,25)/t13-/m0/s1. The Morgan fingerprint density at radius 3 is 2.72 bits per heavy atom. The van der Waals surface area contributed by atoms with E-state index in [1.165, 1.54) is 6.07 Å². The van der Waals surface area contributed by atoms with E-state index in [1.54, 1.807) is 0 Å². The minimum atomic E-state index is -1.05. The van der Waals surface area contributed by atoms with Gasteiger partial charge in [-0.3, -0.25) is 0 Å². The van der Waals surface area contributed by atoms with Crippen LogP contribution in [0.5, 0.6) is 0 Å². The van der Waals surface area contributed by atoms with Gasteiger partial charge in [-0.05, 0) is 30.2 Å². The number of carbonyl (C=O) groups excluding carboxylic acids is 1. The van der Waals surface area contributed by atoms with Gasteiger partial charge in [-0.1, -0.05) is 18.2 Å². The molecular weight excluding hydrogens is 328 g/mol. The van der Waals surface area contributed by atoms with Crippen LogP contribution in [0.1, 0.15) is 5.56 Å². The van der Waals surface area contributed by atoms with Gasteiger partial charge in [0.25, 0.3) is 0 Å². The zero-order valence-corrected chi connectivity index (χ0v) is 13.2. The summed E-state index contributed by atoms with van der Waals surface area (Å²) < 4.78 is 26.1. The lowest BCUT2D eigenvalue weighted by molar-refractivity contribution is 0.224. The number of para-hydroxylation sites is 1. The number of amides is 2. The highest BCUT2D eigenvalue weighted by molar-refractivity contribution is 5.89. The quantitative estimate of drug-likeness (QED) is 0.573. The molecule has 0 fully saturated rings. The first kappa shape index (κ1) is 16.9. The summed E-state index contributed by atoms with van der Waals surface area (Å²) >= 11 is 0. The molecule has 130 valence electrons. The van der Waals surface area contributed by atoms with Crippen molar-refractivity contribution in [3.63, 3.8) is 0 Å². The summed E-state index contributed by atoms with van der Waals surface area (Å²) in [6, 6.07) is 9.67. The second-order valence-corrected chi connectivity index (χ2v) is 5.67. The van der Waals surface area contributed by atoms with E-state index in [2.05, 4.69) is 15.6 Å². The molecule has 0 aliphatic heterocycles. The fourth-order valence-corrected chi connectivity index (χ4v) is 2.65. The van der Waals surface area contributed by atoms with Crippen LogP contribution in [-0.4, -0.2) is 28.8 Å². The summed E-state index contributed by atoms with van der Waals surface area (Å²) in [5.41, 5.74) is 2.06. The van der Waals surface area contributed by atoms with Gasteiger partial charge in [0.1, 0.15) is 0 Å². The van der Waals surface area contributed by atoms with E-state index in [0.717, 1.165) is 28.6 Å². The third-order valence-corrected chi connectivity index (χ3v) is 3.87. The molecule has 1 atom stereocenters. The Bertz CT molecular complexity index is 895. The molecule has 0 aliphatic carbocycles. The van der Waals surface area contributed by atoms with Crippen molar-refractivity contribution in [1.82, 2.24) is 10.3 Å². The molecule has 0 saturated heterocycles. The van der Waals surface area contributed by atoms with Crippen LogP contribution >= 0.6 is 0 Å². The van der Waals surface area contributed by atoms with E-state index in [9.17, 15) is 18.7 Å². The Kier molecular flexibility index (Phi) is 4.95. The van der Waals surface area contributed by atoms with Gasteiger partial charge in [0.2, 0.25) is 0 Å². The smallest absolute Gasteiger partial charge is 0.319 e. The van der Waals surface area contributed by atoms with E-state index in [1.807, 2.05) is 30.5 Å². The van der Waals surface area contributed by atoms with Crippen LogP contribution in [0, 0.1) is 11.6 Å². The van der Waals surface area contributed by atoms with Crippen LogP contribution < -0.4 is 10.6 Å². The summed E-state index contributed by atoms with van der Waals surface area (Å²) in [7, 11) is 0. The van der Waals surface area contributed by atoms with Crippen molar-refractivity contribution in [2.24, 2.45) is 0 Å². The van der Waals surface area contributed by atoms with Crippen LogP contribution in [0.25, 0.3) is 10.9 Å². The van der Waals surface area contributed by atoms with Crippen LogP contribution in [0.15, 0.2) is 48.7 Å². The largest absolute Gasteiger partial charge is 0.394 e. The molecule has 2 amide bonds. The number of fused-ring (bicyclic) bond motifs is 1. The number of aromatic amines is 1. The number of halogens is 2. The lowest BCUT2D eigenvalue weighted by Gasteiger charge is -2.16. The second kappa shape index (κ2) is 7.31. The zero-order valence-electron chi connectivity index (χ0n) is 13.2. The minimum Gasteiger partial charge on any atom is -0.394 e. The Hall–Kier alpha value is -2.93. The number of rotatable bonds is 5. The SMILES string of the molecule is O=C(Nc1ccc(F)c(F)c1)N[C@H](CO)Cc1c[nH]c2ccccc12. The zero-order chi connectivity index (χ0) is 17.8. The van der Waals surface area contributed by atoms with Crippen LogP contribution in [0.3, 0.4) is 0 Å². The highest BCUT2D eigenvalue weighted by atomic mass is 19.2. The molecule has 7 heteroatoms. The summed E-state index contributed by atoms with van der Waals surface area (Å²) in [6.07, 6.45) is 2.26. The first-order valence-corrected chi connectivity index (χ1v) is 7.75. The number of anilines is 1. The van der Waals surface area contributed by atoms with Crippen molar-refractivity contribution in [3.8, 4) is 0 Å². The number of carbonyl (C=O) groups is 1. The van der Waals surface area contributed by atoms with E-state index in [0.29, 0.717) is 6.42 Å². The number of aliphatic hydroxyl groups excluding tert-OH is 1. The lowest BCUT2D eigenvalue weighted by Crippen LogP contribution is -2.41. The fraction of sp³-hybridized carbons (Fsp3) is 0.167. The molecule has 0 radical (unpaired) electrons. The third-order valence-electron chi connectivity index (χ3n) is 3.87. The Morgan fingerprint density at radius 1 is 1.16 bits per heavy atom. The molecule has 1 heterocycles. The van der Waals surface area contributed by atoms with Gasteiger partial charge < -0.3 is 20.7 Å². The number of aromatic nitrogens is 1. The first-order chi connectivity index (χ1) is 12.1. The maximum absolute atomic E-state index is 13.2. The average molecular weight is 345 g/mol. The molecule has 25 heavy (non-hydrogen) atoms. The van der Waals surface area contributed by atoms with Gasteiger partial charge >= 0.3 is 6.03 Å². The van der Waals surface area contributed by atoms with Crippen LogP contribution in [0.2, 0.25) is 0 Å². The van der Waals surface area contributed by atoms with E-state index in [-0.39, 0.29) is 12.3 Å². The molecule has 0 aliphatic rings. The number of H-pyrrole nitrogens is 1. The highest BCUT2D eigenvalue weighted by Crippen LogP contribution is 2.19. The molecular formula is C18H17F2N3O2. The number of nitrogens with one attached hydrogen (secondary N) is 3. The Morgan fingerprint density at radius 2 is 1.96 bits per heavy atom. The molecule has 0 saturated carbocycles. The Balaban J connectivity index is 1.65.